The molecule has 1 aliphatic rings. The highest BCUT2D eigenvalue weighted by Gasteiger charge is 2.27. The maximum absolute atomic E-state index is 12.9. The highest BCUT2D eigenvalue weighted by Crippen LogP contribution is 2.21. The largest absolute Gasteiger partial charge is 0.493 e. The summed E-state index contributed by atoms with van der Waals surface area (Å²) in [5.74, 6) is 0.618. The first-order chi connectivity index (χ1) is 12.5. The second kappa shape index (κ2) is 8.54. The number of hydrogen-bond acceptors (Lipinski definition) is 3. The minimum atomic E-state index is -0.278. The van der Waals surface area contributed by atoms with Crippen LogP contribution in [0.1, 0.15) is 19.8 Å². The van der Waals surface area contributed by atoms with Crippen molar-refractivity contribution in [3.8, 4) is 5.75 Å². The number of rotatable bonds is 6. The summed E-state index contributed by atoms with van der Waals surface area (Å²) < 4.78 is 20.4. The maximum Gasteiger partial charge on any atom is 0.227 e. The molecule has 1 aromatic carbocycles. The minimum absolute atomic E-state index is 0.128. The predicted molar refractivity (Wildman–Crippen MR) is 97.6 cm³/mol. The molecule has 0 unspecified atom stereocenters. The molecule has 1 amide bonds. The average Bonchev–Trinajstić information content (AvgIpc) is 3.05. The van der Waals surface area contributed by atoms with E-state index in [1.54, 1.807) is 29.2 Å². The van der Waals surface area contributed by atoms with Crippen molar-refractivity contribution in [2.75, 3.05) is 19.7 Å². The molecule has 1 saturated heterocycles. The van der Waals surface area contributed by atoms with Gasteiger partial charge in [0.1, 0.15) is 11.6 Å². The average molecular weight is 380 g/mol. The molecule has 0 spiro atoms. The number of benzene rings is 1. The Morgan fingerprint density at radius 2 is 2.19 bits per heavy atom. The number of amides is 1. The molecule has 1 aromatic heterocycles. The number of ether oxygens (including phenoxy) is 1. The van der Waals surface area contributed by atoms with E-state index in [0.29, 0.717) is 30.5 Å². The molecule has 0 radical (unpaired) electrons. The lowest BCUT2D eigenvalue weighted by atomic mass is 9.97. The fourth-order valence-corrected chi connectivity index (χ4v) is 3.41. The molecule has 0 saturated carbocycles. The van der Waals surface area contributed by atoms with Crippen LogP contribution in [0.25, 0.3) is 0 Å². The van der Waals surface area contributed by atoms with E-state index in [9.17, 15) is 9.18 Å². The van der Waals surface area contributed by atoms with Gasteiger partial charge in [0, 0.05) is 25.2 Å². The summed E-state index contributed by atoms with van der Waals surface area (Å²) in [7, 11) is 0. The highest BCUT2D eigenvalue weighted by molar-refractivity contribution is 6.30. The first-order valence-electron chi connectivity index (χ1n) is 8.86. The van der Waals surface area contributed by atoms with Crippen LogP contribution in [0.2, 0.25) is 5.02 Å². The Morgan fingerprint density at radius 3 is 2.88 bits per heavy atom. The molecule has 26 heavy (non-hydrogen) atoms. The van der Waals surface area contributed by atoms with Crippen LogP contribution in [0, 0.1) is 17.7 Å². The third kappa shape index (κ3) is 4.97. The van der Waals surface area contributed by atoms with Crippen LogP contribution >= 0.6 is 11.6 Å². The van der Waals surface area contributed by atoms with Gasteiger partial charge in [-0.1, -0.05) is 18.5 Å². The molecular weight excluding hydrogens is 357 g/mol. The molecule has 2 atom stereocenters. The summed E-state index contributed by atoms with van der Waals surface area (Å²) in [6.07, 6.45) is 5.28. The number of aromatic nitrogens is 2. The van der Waals surface area contributed by atoms with Crippen molar-refractivity contribution in [2.24, 2.45) is 11.8 Å². The molecule has 2 heterocycles. The number of halogens is 2. The van der Waals surface area contributed by atoms with Gasteiger partial charge < -0.3 is 9.64 Å². The first-order valence-corrected chi connectivity index (χ1v) is 9.24. The van der Waals surface area contributed by atoms with Crippen molar-refractivity contribution in [3.05, 3.63) is 47.5 Å². The van der Waals surface area contributed by atoms with E-state index in [4.69, 9.17) is 16.3 Å². The zero-order valence-corrected chi connectivity index (χ0v) is 15.5. The second-order valence-corrected chi connectivity index (χ2v) is 7.28. The topological polar surface area (TPSA) is 47.4 Å². The van der Waals surface area contributed by atoms with Crippen LogP contribution in [0.15, 0.2) is 36.7 Å². The fourth-order valence-electron chi connectivity index (χ4n) is 3.25. The Hall–Kier alpha value is -2.08. The van der Waals surface area contributed by atoms with Gasteiger partial charge in [-0.05, 0) is 37.1 Å². The number of hydrogen-bond donors (Lipinski definition) is 0. The van der Waals surface area contributed by atoms with Gasteiger partial charge in [0.25, 0.3) is 0 Å². The van der Waals surface area contributed by atoms with Crippen molar-refractivity contribution in [1.82, 2.24) is 14.7 Å². The minimum Gasteiger partial charge on any atom is -0.493 e. The number of likely N-dealkylation sites (tertiary alicyclic amines) is 1. The number of nitrogens with zero attached hydrogens (tertiary/aromatic N) is 3. The van der Waals surface area contributed by atoms with Crippen LogP contribution in [0.4, 0.5) is 4.39 Å². The van der Waals surface area contributed by atoms with Crippen molar-refractivity contribution >= 4 is 17.5 Å². The molecule has 3 rings (SSSR count). The third-order valence-electron chi connectivity index (χ3n) is 4.61. The molecule has 0 bridgehead atoms. The number of piperidine rings is 1. The van der Waals surface area contributed by atoms with Gasteiger partial charge >= 0.3 is 0 Å². The monoisotopic (exact) mass is 379 g/mol. The van der Waals surface area contributed by atoms with Gasteiger partial charge in [-0.25, -0.2) is 4.39 Å². The van der Waals surface area contributed by atoms with E-state index in [1.807, 2.05) is 11.8 Å². The third-order valence-corrected chi connectivity index (χ3v) is 4.81. The number of carbonyl (C=O) groups excluding carboxylic acids is 1. The van der Waals surface area contributed by atoms with Crippen molar-refractivity contribution in [1.29, 1.82) is 0 Å². The Labute approximate surface area is 157 Å². The van der Waals surface area contributed by atoms with Crippen molar-refractivity contribution in [3.63, 3.8) is 0 Å². The van der Waals surface area contributed by atoms with Gasteiger partial charge in [-0.15, -0.1) is 0 Å². The van der Waals surface area contributed by atoms with Crippen LogP contribution in [-0.2, 0) is 11.3 Å². The lowest BCUT2D eigenvalue weighted by molar-refractivity contribution is -0.137. The molecule has 7 heteroatoms. The Balaban J connectivity index is 1.50. The van der Waals surface area contributed by atoms with E-state index < -0.39 is 0 Å². The quantitative estimate of drug-likeness (QED) is 0.770. The number of carbonyl (C=O) groups is 1. The van der Waals surface area contributed by atoms with Crippen LogP contribution in [0.5, 0.6) is 5.75 Å². The van der Waals surface area contributed by atoms with Gasteiger partial charge in [0.2, 0.25) is 5.91 Å². The highest BCUT2D eigenvalue weighted by atomic mass is 35.5. The van der Waals surface area contributed by atoms with Gasteiger partial charge in [-0.2, -0.15) is 5.10 Å². The SMILES string of the molecule is C[C@@H](Cn1cc(Cl)cn1)C(=O)N1CCC[C@H](COc2ccc(F)cc2)C1. The molecule has 1 aliphatic heterocycles. The first kappa shape index (κ1) is 18.7. The Morgan fingerprint density at radius 1 is 1.42 bits per heavy atom. The smallest absolute Gasteiger partial charge is 0.227 e. The summed E-state index contributed by atoms with van der Waals surface area (Å²) in [5.41, 5.74) is 0. The van der Waals surface area contributed by atoms with Crippen LogP contribution in [-0.4, -0.2) is 40.3 Å². The zero-order valence-electron chi connectivity index (χ0n) is 14.8. The van der Waals surface area contributed by atoms with E-state index in [-0.39, 0.29) is 23.6 Å². The maximum atomic E-state index is 12.9. The molecule has 5 nitrogen and oxygen atoms in total. The van der Waals surface area contributed by atoms with Crippen molar-refractivity contribution in [2.45, 2.75) is 26.3 Å². The lowest BCUT2D eigenvalue weighted by Crippen LogP contribution is -2.44. The molecule has 1 fully saturated rings. The molecule has 0 N–H and O–H groups in total. The lowest BCUT2D eigenvalue weighted by Gasteiger charge is -2.34. The zero-order chi connectivity index (χ0) is 18.5. The second-order valence-electron chi connectivity index (χ2n) is 6.84. The van der Waals surface area contributed by atoms with E-state index in [2.05, 4.69) is 5.10 Å². The molecular formula is C19H23ClFN3O2. The van der Waals surface area contributed by atoms with Crippen LogP contribution in [0.3, 0.4) is 0 Å². The standard InChI is InChI=1S/C19H23ClFN3O2/c1-14(10-24-12-16(20)9-22-24)19(25)23-8-2-3-15(11-23)13-26-18-6-4-17(21)5-7-18/h4-7,9,12,14-15H,2-3,8,10-11,13H2,1H3/t14-,15-/m0/s1. The summed E-state index contributed by atoms with van der Waals surface area (Å²) in [5, 5.41) is 4.70. The molecule has 140 valence electrons. The molecule has 0 aliphatic carbocycles. The molecule has 2 aromatic rings. The predicted octanol–water partition coefficient (Wildman–Crippen LogP) is 3.63. The van der Waals surface area contributed by atoms with Gasteiger partial charge in [-0.3, -0.25) is 9.48 Å². The summed E-state index contributed by atoms with van der Waals surface area (Å²) in [6, 6.07) is 6.02. The summed E-state index contributed by atoms with van der Waals surface area (Å²) in [6.45, 7) is 4.41. The van der Waals surface area contributed by atoms with Crippen LogP contribution < -0.4 is 4.74 Å². The Kier molecular flexibility index (Phi) is 6.14. The normalized spacial score (nSPS) is 18.6. The summed E-state index contributed by atoms with van der Waals surface area (Å²) in [4.78, 5) is 14.7. The fraction of sp³-hybridized carbons (Fsp3) is 0.474. The van der Waals surface area contributed by atoms with E-state index >= 15 is 0 Å². The van der Waals surface area contributed by atoms with E-state index in [0.717, 1.165) is 19.4 Å². The van der Waals surface area contributed by atoms with Gasteiger partial charge in [0.05, 0.1) is 30.3 Å². The van der Waals surface area contributed by atoms with E-state index in [1.165, 1.54) is 12.1 Å². The van der Waals surface area contributed by atoms with Gasteiger partial charge in [0.15, 0.2) is 0 Å². The van der Waals surface area contributed by atoms with Crippen molar-refractivity contribution < 1.29 is 13.9 Å². The Bertz CT molecular complexity index is 735. The summed E-state index contributed by atoms with van der Waals surface area (Å²) >= 11 is 5.87.